The Hall–Kier alpha value is -3.30. The zero-order valence-corrected chi connectivity index (χ0v) is 17.6. The van der Waals surface area contributed by atoms with E-state index < -0.39 is 47.2 Å². The maximum atomic E-state index is 14.1. The van der Waals surface area contributed by atoms with Crippen LogP contribution in [0.3, 0.4) is 0 Å². The van der Waals surface area contributed by atoms with Crippen molar-refractivity contribution in [2.45, 2.75) is 38.0 Å². The molecule has 1 spiro atoms. The van der Waals surface area contributed by atoms with E-state index >= 15 is 0 Å². The quantitative estimate of drug-likeness (QED) is 0.529. The highest BCUT2D eigenvalue weighted by molar-refractivity contribution is 6.10. The van der Waals surface area contributed by atoms with Crippen molar-refractivity contribution in [1.29, 1.82) is 0 Å². The molecule has 4 rings (SSSR count). The largest absolute Gasteiger partial charge is 0.462 e. The Morgan fingerprint density at radius 3 is 2.66 bits per heavy atom. The first kappa shape index (κ1) is 21.9. The maximum absolute atomic E-state index is 14.1. The van der Waals surface area contributed by atoms with Crippen LogP contribution >= 0.6 is 0 Å². The van der Waals surface area contributed by atoms with E-state index in [4.69, 9.17) is 4.74 Å². The van der Waals surface area contributed by atoms with Crippen LogP contribution in [0.5, 0.6) is 0 Å². The van der Waals surface area contributed by atoms with Gasteiger partial charge in [0, 0.05) is 23.0 Å². The molecule has 168 valence electrons. The molecule has 1 fully saturated rings. The highest BCUT2D eigenvalue weighted by Gasteiger charge is 2.60. The van der Waals surface area contributed by atoms with E-state index in [1.165, 1.54) is 30.3 Å². The zero-order valence-electron chi connectivity index (χ0n) is 17.6. The zero-order chi connectivity index (χ0) is 23.0. The molecule has 2 aromatic carbocycles. The highest BCUT2D eigenvalue weighted by Crippen LogP contribution is 2.47. The molecule has 0 bridgehead atoms. The van der Waals surface area contributed by atoms with Gasteiger partial charge in [0.2, 0.25) is 11.8 Å². The average Bonchev–Trinajstić information content (AvgIpc) is 3.29. The van der Waals surface area contributed by atoms with Gasteiger partial charge in [0.1, 0.15) is 11.4 Å². The van der Waals surface area contributed by atoms with Crippen LogP contribution in [0.25, 0.3) is 0 Å². The van der Waals surface area contributed by atoms with Crippen molar-refractivity contribution < 1.29 is 28.6 Å². The molecular formula is C23H24FN3O5. The Morgan fingerprint density at radius 1 is 1.28 bits per heavy atom. The number of carbonyl (C=O) groups excluding carboxylic acids is 3. The van der Waals surface area contributed by atoms with Crippen LogP contribution in [0, 0.1) is 11.7 Å². The lowest BCUT2D eigenvalue weighted by atomic mass is 9.79. The second-order valence-corrected chi connectivity index (χ2v) is 8.02. The minimum Gasteiger partial charge on any atom is -0.462 e. The Kier molecular flexibility index (Phi) is 5.70. The number of amides is 2. The Balaban J connectivity index is 1.64. The summed E-state index contributed by atoms with van der Waals surface area (Å²) in [4.78, 5) is 38.2. The predicted octanol–water partition coefficient (Wildman–Crippen LogP) is 2.15. The third-order valence-corrected chi connectivity index (χ3v) is 6.00. The molecule has 8 nitrogen and oxygen atoms in total. The Labute approximate surface area is 184 Å². The summed E-state index contributed by atoms with van der Waals surface area (Å²) in [5.41, 5.74) is 0.0259. The van der Waals surface area contributed by atoms with Crippen LogP contribution in [0.2, 0.25) is 0 Å². The van der Waals surface area contributed by atoms with E-state index in [0.29, 0.717) is 22.5 Å². The van der Waals surface area contributed by atoms with Gasteiger partial charge in [-0.25, -0.2) is 9.18 Å². The number of aliphatic hydroxyl groups excluding tert-OH is 1. The molecule has 0 unspecified atom stereocenters. The van der Waals surface area contributed by atoms with Crippen molar-refractivity contribution in [1.82, 2.24) is 5.32 Å². The van der Waals surface area contributed by atoms with Gasteiger partial charge in [-0.1, -0.05) is 0 Å². The SMILES string of the molecule is CCOC(=O)c1ccc(NC(=O)[C@H]2C[C@H]([C@@H](C)O)N[C@]23C(=O)Nc2ccc(F)cc23)cc1. The number of hydrogen-bond acceptors (Lipinski definition) is 6. The van der Waals surface area contributed by atoms with Crippen LogP contribution in [0.4, 0.5) is 15.8 Å². The first-order valence-corrected chi connectivity index (χ1v) is 10.4. The van der Waals surface area contributed by atoms with Crippen molar-refractivity contribution in [3.8, 4) is 0 Å². The molecule has 4 atom stereocenters. The molecule has 2 aliphatic rings. The van der Waals surface area contributed by atoms with E-state index in [0.717, 1.165) is 0 Å². The van der Waals surface area contributed by atoms with Gasteiger partial charge in [-0.2, -0.15) is 0 Å². The average molecular weight is 441 g/mol. The maximum Gasteiger partial charge on any atom is 0.338 e. The summed E-state index contributed by atoms with van der Waals surface area (Å²) in [6.07, 6.45) is -0.660. The van der Waals surface area contributed by atoms with E-state index in [1.807, 2.05) is 0 Å². The lowest BCUT2D eigenvalue weighted by molar-refractivity contribution is -0.130. The summed E-state index contributed by atoms with van der Waals surface area (Å²) < 4.78 is 19.0. The first-order chi connectivity index (χ1) is 15.3. The summed E-state index contributed by atoms with van der Waals surface area (Å²) in [5.74, 6) is -2.84. The summed E-state index contributed by atoms with van der Waals surface area (Å²) in [6.45, 7) is 3.53. The van der Waals surface area contributed by atoms with Crippen LogP contribution in [0.1, 0.15) is 36.2 Å². The second kappa shape index (κ2) is 8.33. The van der Waals surface area contributed by atoms with Crippen LogP contribution < -0.4 is 16.0 Å². The van der Waals surface area contributed by atoms with Gasteiger partial charge in [0.15, 0.2) is 0 Å². The van der Waals surface area contributed by atoms with Crippen LogP contribution in [0.15, 0.2) is 42.5 Å². The van der Waals surface area contributed by atoms with Crippen molar-refractivity contribution in [2.24, 2.45) is 5.92 Å². The van der Waals surface area contributed by atoms with Gasteiger partial charge in [0.25, 0.3) is 0 Å². The van der Waals surface area contributed by atoms with Crippen LogP contribution in [-0.2, 0) is 19.9 Å². The van der Waals surface area contributed by atoms with Crippen molar-refractivity contribution >= 4 is 29.2 Å². The number of anilines is 2. The fourth-order valence-corrected chi connectivity index (χ4v) is 4.42. The van der Waals surface area contributed by atoms with E-state index in [2.05, 4.69) is 16.0 Å². The number of fused-ring (bicyclic) bond motifs is 2. The molecule has 2 heterocycles. The minimum absolute atomic E-state index is 0.174. The molecular weight excluding hydrogens is 417 g/mol. The fourth-order valence-electron chi connectivity index (χ4n) is 4.42. The number of esters is 1. The van der Waals surface area contributed by atoms with E-state index in [-0.39, 0.29) is 13.0 Å². The number of benzene rings is 2. The number of rotatable bonds is 5. The molecule has 0 saturated carbocycles. The second-order valence-electron chi connectivity index (χ2n) is 8.02. The fraction of sp³-hybridized carbons (Fsp3) is 0.348. The van der Waals surface area contributed by atoms with E-state index in [9.17, 15) is 23.9 Å². The van der Waals surface area contributed by atoms with Gasteiger partial charge < -0.3 is 20.5 Å². The Morgan fingerprint density at radius 2 is 2.00 bits per heavy atom. The summed E-state index contributed by atoms with van der Waals surface area (Å²) in [5, 5.41) is 18.7. The lowest BCUT2D eigenvalue weighted by Gasteiger charge is -2.29. The molecule has 2 amide bonds. The molecule has 0 aromatic heterocycles. The Bertz CT molecular complexity index is 1070. The summed E-state index contributed by atoms with van der Waals surface area (Å²) >= 11 is 0. The molecule has 4 N–H and O–H groups in total. The minimum atomic E-state index is -1.51. The topological polar surface area (TPSA) is 117 Å². The first-order valence-electron chi connectivity index (χ1n) is 10.4. The number of hydrogen-bond donors (Lipinski definition) is 4. The summed E-state index contributed by atoms with van der Waals surface area (Å²) in [6, 6.07) is 9.57. The number of halogens is 1. The lowest BCUT2D eigenvalue weighted by Crippen LogP contribution is -2.53. The normalized spacial score (nSPS) is 24.7. The van der Waals surface area contributed by atoms with Gasteiger partial charge >= 0.3 is 5.97 Å². The monoisotopic (exact) mass is 441 g/mol. The van der Waals surface area contributed by atoms with Gasteiger partial charge in [-0.15, -0.1) is 0 Å². The van der Waals surface area contributed by atoms with Crippen molar-refractivity contribution in [3.63, 3.8) is 0 Å². The molecule has 2 aliphatic heterocycles. The van der Waals surface area contributed by atoms with Gasteiger partial charge in [0.05, 0.1) is 24.2 Å². The standard InChI is InChI=1S/C23H24FN3O5/c1-3-32-21(30)13-4-7-15(8-5-13)25-20(29)17-11-19(12(2)28)27-23(17)16-10-14(24)6-9-18(16)26-22(23)31/h4-10,12,17,19,27-28H,3,11H2,1-2H3,(H,25,29)(H,26,31)/t12-,17-,19-,23+/m1/s1. The molecule has 0 aliphatic carbocycles. The van der Waals surface area contributed by atoms with Crippen molar-refractivity contribution in [2.75, 3.05) is 17.2 Å². The molecule has 1 saturated heterocycles. The van der Waals surface area contributed by atoms with Gasteiger partial charge in [-0.05, 0) is 62.7 Å². The number of nitrogens with one attached hydrogen (secondary N) is 3. The van der Waals surface area contributed by atoms with Gasteiger partial charge in [-0.3, -0.25) is 14.9 Å². The van der Waals surface area contributed by atoms with Crippen LogP contribution in [-0.4, -0.2) is 41.6 Å². The number of carbonyl (C=O) groups is 3. The molecule has 0 radical (unpaired) electrons. The number of ether oxygens (including phenoxy) is 1. The molecule has 2 aromatic rings. The van der Waals surface area contributed by atoms with E-state index in [1.54, 1.807) is 26.0 Å². The molecule has 32 heavy (non-hydrogen) atoms. The number of aliphatic hydroxyl groups is 1. The summed E-state index contributed by atoms with van der Waals surface area (Å²) in [7, 11) is 0. The third-order valence-electron chi connectivity index (χ3n) is 6.00. The third kappa shape index (κ3) is 3.63. The smallest absolute Gasteiger partial charge is 0.338 e. The predicted molar refractivity (Wildman–Crippen MR) is 114 cm³/mol. The van der Waals surface area contributed by atoms with Crippen molar-refractivity contribution in [3.05, 3.63) is 59.4 Å². The molecule has 9 heteroatoms. The highest BCUT2D eigenvalue weighted by atomic mass is 19.1.